The molecule has 0 unspecified atom stereocenters. The van der Waals surface area contributed by atoms with Crippen LogP contribution in [0.3, 0.4) is 0 Å². The lowest BCUT2D eigenvalue weighted by Crippen LogP contribution is -2.24. The fourth-order valence-corrected chi connectivity index (χ4v) is 3.75. The van der Waals surface area contributed by atoms with Crippen LogP contribution in [-0.2, 0) is 6.54 Å². The molecule has 0 radical (unpaired) electrons. The molecule has 6 heteroatoms. The number of aromatic nitrogens is 3. The van der Waals surface area contributed by atoms with E-state index in [9.17, 15) is 0 Å². The largest absolute Gasteiger partial charge is 0.496 e. The number of rotatable bonds is 6. The Morgan fingerprint density at radius 3 is 2.93 bits per heavy atom. The summed E-state index contributed by atoms with van der Waals surface area (Å²) in [5, 5.41) is 3.23. The summed E-state index contributed by atoms with van der Waals surface area (Å²) in [7, 11) is 1.74. The Morgan fingerprint density at radius 1 is 1.18 bits per heavy atom. The average Bonchev–Trinajstić information content (AvgIpc) is 3.18. The molecule has 3 heterocycles. The van der Waals surface area contributed by atoms with Gasteiger partial charge in [0.25, 0.3) is 0 Å². The molecule has 0 bridgehead atoms. The first kappa shape index (κ1) is 18.4. The van der Waals surface area contributed by atoms with Crippen molar-refractivity contribution in [3.8, 4) is 5.75 Å². The van der Waals surface area contributed by atoms with E-state index in [4.69, 9.17) is 9.72 Å². The molecule has 1 aliphatic rings. The molecule has 1 atom stereocenters. The highest BCUT2D eigenvalue weighted by atomic mass is 16.5. The van der Waals surface area contributed by atoms with Crippen molar-refractivity contribution < 1.29 is 4.74 Å². The van der Waals surface area contributed by atoms with E-state index in [1.807, 2.05) is 12.1 Å². The van der Waals surface area contributed by atoms with E-state index in [2.05, 4.69) is 51.4 Å². The van der Waals surface area contributed by atoms with Crippen LogP contribution in [-0.4, -0.2) is 33.5 Å². The Bertz CT molecular complexity index is 931. The first-order chi connectivity index (χ1) is 13.7. The number of ether oxygens (including phenoxy) is 1. The van der Waals surface area contributed by atoms with Crippen molar-refractivity contribution in [2.75, 3.05) is 19.0 Å². The van der Waals surface area contributed by atoms with Crippen LogP contribution in [0.5, 0.6) is 5.75 Å². The zero-order chi connectivity index (χ0) is 19.3. The van der Waals surface area contributed by atoms with Gasteiger partial charge in [0.05, 0.1) is 25.0 Å². The lowest BCUT2D eigenvalue weighted by atomic mass is 10.1. The first-order valence-corrected chi connectivity index (χ1v) is 9.60. The van der Waals surface area contributed by atoms with Crippen LogP contribution in [0.2, 0.25) is 0 Å². The van der Waals surface area contributed by atoms with Crippen LogP contribution in [0.4, 0.5) is 11.6 Å². The highest BCUT2D eigenvalue weighted by molar-refractivity contribution is 5.50. The number of methoxy groups -OCH3 is 1. The Kier molecular flexibility index (Phi) is 5.48. The molecule has 1 aromatic carbocycles. The predicted molar refractivity (Wildman–Crippen MR) is 110 cm³/mol. The number of nitrogens with zero attached hydrogens (tertiary/aromatic N) is 4. The third-order valence-electron chi connectivity index (χ3n) is 5.11. The summed E-state index contributed by atoms with van der Waals surface area (Å²) in [6.45, 7) is 4.01. The number of nitrogens with one attached hydrogen (secondary N) is 1. The lowest BCUT2D eigenvalue weighted by molar-refractivity contribution is 0.240. The van der Waals surface area contributed by atoms with Crippen LogP contribution in [0.25, 0.3) is 0 Å². The van der Waals surface area contributed by atoms with Crippen molar-refractivity contribution >= 4 is 11.6 Å². The molecule has 0 amide bonds. The summed E-state index contributed by atoms with van der Waals surface area (Å²) in [4.78, 5) is 15.7. The van der Waals surface area contributed by atoms with Crippen molar-refractivity contribution in [2.45, 2.75) is 32.4 Å². The van der Waals surface area contributed by atoms with Gasteiger partial charge in [-0.2, -0.15) is 0 Å². The number of benzene rings is 1. The van der Waals surface area contributed by atoms with E-state index < -0.39 is 0 Å². The van der Waals surface area contributed by atoms with E-state index in [0.717, 1.165) is 36.8 Å². The van der Waals surface area contributed by atoms with Crippen LogP contribution in [0, 0.1) is 6.92 Å². The summed E-state index contributed by atoms with van der Waals surface area (Å²) in [5.41, 5.74) is 3.51. The monoisotopic (exact) mass is 375 g/mol. The SMILES string of the molecule is COc1cc(C)ccc1CN1CCC[C@@H]1c1cccc(Nc2cnccn2)n1. The summed E-state index contributed by atoms with van der Waals surface area (Å²) in [5.74, 6) is 2.44. The standard InChI is InChI=1S/C22H25N5O/c1-16-8-9-17(20(13-16)28-2)15-27-12-4-6-19(27)18-5-3-7-21(25-18)26-22-14-23-10-11-24-22/h3,5,7-11,13-14,19H,4,6,12,15H2,1-2H3,(H,24,25,26)/t19-/m1/s1. The number of hydrogen-bond donors (Lipinski definition) is 1. The second-order valence-electron chi connectivity index (χ2n) is 7.11. The van der Waals surface area contributed by atoms with Crippen LogP contribution in [0.1, 0.15) is 35.7 Å². The van der Waals surface area contributed by atoms with Crippen molar-refractivity contribution in [3.63, 3.8) is 0 Å². The Hall–Kier alpha value is -2.99. The number of hydrogen-bond acceptors (Lipinski definition) is 6. The zero-order valence-electron chi connectivity index (χ0n) is 16.3. The molecule has 2 aromatic heterocycles. The molecule has 4 rings (SSSR count). The smallest absolute Gasteiger partial charge is 0.150 e. The number of aryl methyl sites for hydroxylation is 1. The van der Waals surface area contributed by atoms with Gasteiger partial charge in [0.1, 0.15) is 17.4 Å². The maximum Gasteiger partial charge on any atom is 0.150 e. The molecular weight excluding hydrogens is 350 g/mol. The third kappa shape index (κ3) is 4.12. The van der Waals surface area contributed by atoms with Gasteiger partial charge in [-0.15, -0.1) is 0 Å². The maximum absolute atomic E-state index is 5.60. The lowest BCUT2D eigenvalue weighted by Gasteiger charge is -2.25. The second kappa shape index (κ2) is 8.35. The predicted octanol–water partition coefficient (Wildman–Crippen LogP) is 4.27. The fourth-order valence-electron chi connectivity index (χ4n) is 3.75. The molecule has 3 aromatic rings. The Labute approximate surface area is 165 Å². The van der Waals surface area contributed by atoms with Gasteiger partial charge in [-0.25, -0.2) is 9.97 Å². The van der Waals surface area contributed by atoms with Gasteiger partial charge in [0.2, 0.25) is 0 Å². The van der Waals surface area contributed by atoms with E-state index >= 15 is 0 Å². The molecule has 1 N–H and O–H groups in total. The molecule has 1 aliphatic heterocycles. The topological polar surface area (TPSA) is 63.2 Å². The van der Waals surface area contributed by atoms with Gasteiger partial charge in [-0.05, 0) is 50.1 Å². The van der Waals surface area contributed by atoms with Gasteiger partial charge >= 0.3 is 0 Å². The van der Waals surface area contributed by atoms with Crippen LogP contribution >= 0.6 is 0 Å². The Balaban J connectivity index is 1.53. The van der Waals surface area contributed by atoms with Gasteiger partial charge in [-0.1, -0.05) is 18.2 Å². The second-order valence-corrected chi connectivity index (χ2v) is 7.11. The molecule has 0 aliphatic carbocycles. The molecule has 144 valence electrons. The summed E-state index contributed by atoms with van der Waals surface area (Å²) >= 11 is 0. The van der Waals surface area contributed by atoms with Crippen molar-refractivity contribution in [3.05, 3.63) is 71.8 Å². The summed E-state index contributed by atoms with van der Waals surface area (Å²) in [6, 6.07) is 12.8. The molecular formula is C22H25N5O. The van der Waals surface area contributed by atoms with Gasteiger partial charge in [-0.3, -0.25) is 9.88 Å². The van der Waals surface area contributed by atoms with Crippen molar-refractivity contribution in [1.29, 1.82) is 0 Å². The summed E-state index contributed by atoms with van der Waals surface area (Å²) < 4.78 is 5.60. The highest BCUT2D eigenvalue weighted by Gasteiger charge is 2.28. The first-order valence-electron chi connectivity index (χ1n) is 9.60. The van der Waals surface area contributed by atoms with Gasteiger partial charge < -0.3 is 10.1 Å². The van der Waals surface area contributed by atoms with Crippen LogP contribution in [0.15, 0.2) is 55.0 Å². The fraction of sp³-hybridized carbons (Fsp3) is 0.318. The molecule has 28 heavy (non-hydrogen) atoms. The molecule has 0 saturated carbocycles. The number of likely N-dealkylation sites (tertiary alicyclic amines) is 1. The van der Waals surface area contributed by atoms with Gasteiger partial charge in [0.15, 0.2) is 0 Å². The minimum absolute atomic E-state index is 0.301. The summed E-state index contributed by atoms with van der Waals surface area (Å²) in [6.07, 6.45) is 7.29. The minimum Gasteiger partial charge on any atom is -0.496 e. The van der Waals surface area contributed by atoms with E-state index in [1.165, 1.54) is 17.5 Å². The van der Waals surface area contributed by atoms with Crippen molar-refractivity contribution in [1.82, 2.24) is 19.9 Å². The van der Waals surface area contributed by atoms with Crippen LogP contribution < -0.4 is 10.1 Å². The molecule has 1 fully saturated rings. The quantitative estimate of drug-likeness (QED) is 0.694. The third-order valence-corrected chi connectivity index (χ3v) is 5.11. The number of anilines is 2. The van der Waals surface area contributed by atoms with E-state index in [-0.39, 0.29) is 0 Å². The van der Waals surface area contributed by atoms with Gasteiger partial charge in [0, 0.05) is 24.5 Å². The zero-order valence-corrected chi connectivity index (χ0v) is 16.3. The average molecular weight is 375 g/mol. The Morgan fingerprint density at radius 2 is 2.11 bits per heavy atom. The van der Waals surface area contributed by atoms with Crippen molar-refractivity contribution in [2.24, 2.45) is 0 Å². The van der Waals surface area contributed by atoms with E-state index in [1.54, 1.807) is 25.7 Å². The van der Waals surface area contributed by atoms with E-state index in [0.29, 0.717) is 11.9 Å². The minimum atomic E-state index is 0.301. The maximum atomic E-state index is 5.60. The normalized spacial score (nSPS) is 16.9. The molecule has 1 saturated heterocycles. The molecule has 6 nitrogen and oxygen atoms in total. The molecule has 0 spiro atoms. The highest BCUT2D eigenvalue weighted by Crippen LogP contribution is 2.34. The number of pyridine rings is 1.